The van der Waals surface area contributed by atoms with E-state index in [1.807, 2.05) is 0 Å². The quantitative estimate of drug-likeness (QED) is 0.676. The molecular formula is C9H13NOS. The van der Waals surface area contributed by atoms with Crippen LogP contribution in [0, 0.1) is 5.92 Å². The molecule has 2 nitrogen and oxygen atoms in total. The third-order valence-electron chi connectivity index (χ3n) is 2.52. The van der Waals surface area contributed by atoms with E-state index in [0.717, 1.165) is 30.2 Å². The van der Waals surface area contributed by atoms with E-state index in [4.69, 9.17) is 4.52 Å². The third kappa shape index (κ3) is 1.26. The molecule has 2 rings (SSSR count). The second kappa shape index (κ2) is 3.13. The number of fused-ring (bicyclic) bond motifs is 1. The Balaban J connectivity index is 2.34. The molecule has 0 spiro atoms. The highest BCUT2D eigenvalue weighted by Crippen LogP contribution is 2.28. The highest BCUT2D eigenvalue weighted by molar-refractivity contribution is 7.79. The molecule has 1 aliphatic carbocycles. The summed E-state index contributed by atoms with van der Waals surface area (Å²) in [4.78, 5) is 0. The van der Waals surface area contributed by atoms with Crippen molar-refractivity contribution in [2.75, 3.05) is 0 Å². The smallest absolute Gasteiger partial charge is 0.140 e. The lowest BCUT2D eigenvalue weighted by Crippen LogP contribution is -2.10. The van der Waals surface area contributed by atoms with Gasteiger partial charge in [-0.15, -0.1) is 0 Å². The third-order valence-corrected chi connectivity index (χ3v) is 2.82. The molecule has 0 aromatic carbocycles. The molecule has 1 aromatic rings. The van der Waals surface area contributed by atoms with Gasteiger partial charge in [-0.25, -0.2) is 0 Å². The van der Waals surface area contributed by atoms with Gasteiger partial charge >= 0.3 is 0 Å². The molecule has 1 atom stereocenters. The molecule has 0 saturated heterocycles. The van der Waals surface area contributed by atoms with Crippen LogP contribution in [-0.2, 0) is 18.6 Å². The van der Waals surface area contributed by atoms with E-state index in [-0.39, 0.29) is 0 Å². The molecule has 0 aliphatic heterocycles. The molecule has 1 aliphatic rings. The average Bonchev–Trinajstić information content (AvgIpc) is 2.46. The first-order valence-electron chi connectivity index (χ1n) is 4.38. The van der Waals surface area contributed by atoms with Crippen molar-refractivity contribution < 1.29 is 4.52 Å². The van der Waals surface area contributed by atoms with Crippen molar-refractivity contribution in [1.29, 1.82) is 0 Å². The van der Waals surface area contributed by atoms with Crippen LogP contribution in [0.1, 0.15) is 30.4 Å². The number of hydrogen-bond acceptors (Lipinski definition) is 3. The standard InChI is InChI=1S/C9H13NOS/c1-6-2-3-9-7(4-6)8(5-12)10-11-9/h6,12H,2-5H2,1H3. The summed E-state index contributed by atoms with van der Waals surface area (Å²) in [6, 6.07) is 0. The van der Waals surface area contributed by atoms with Crippen LogP contribution in [0.4, 0.5) is 0 Å². The molecule has 1 unspecified atom stereocenters. The zero-order chi connectivity index (χ0) is 8.55. The van der Waals surface area contributed by atoms with Gasteiger partial charge < -0.3 is 4.52 Å². The maximum atomic E-state index is 5.23. The minimum atomic E-state index is 0.700. The first kappa shape index (κ1) is 8.17. The van der Waals surface area contributed by atoms with E-state index in [0.29, 0.717) is 5.75 Å². The molecule has 0 amide bonds. The summed E-state index contributed by atoms with van der Waals surface area (Å²) in [6.07, 6.45) is 3.40. The Bertz CT molecular complexity index is 269. The second-order valence-electron chi connectivity index (χ2n) is 3.54. The van der Waals surface area contributed by atoms with Crippen LogP contribution >= 0.6 is 12.6 Å². The average molecular weight is 183 g/mol. The first-order valence-corrected chi connectivity index (χ1v) is 5.01. The topological polar surface area (TPSA) is 26.0 Å². The molecule has 1 aromatic heterocycles. The van der Waals surface area contributed by atoms with E-state index in [1.165, 1.54) is 12.0 Å². The van der Waals surface area contributed by atoms with Gasteiger partial charge in [0.25, 0.3) is 0 Å². The maximum Gasteiger partial charge on any atom is 0.140 e. The van der Waals surface area contributed by atoms with E-state index in [9.17, 15) is 0 Å². The van der Waals surface area contributed by atoms with Gasteiger partial charge in [-0.2, -0.15) is 12.6 Å². The lowest BCUT2D eigenvalue weighted by molar-refractivity contribution is 0.354. The number of hydrogen-bond donors (Lipinski definition) is 1. The van der Waals surface area contributed by atoms with Crippen LogP contribution < -0.4 is 0 Å². The zero-order valence-corrected chi connectivity index (χ0v) is 8.10. The van der Waals surface area contributed by atoms with Crippen molar-refractivity contribution in [2.24, 2.45) is 5.92 Å². The molecule has 0 radical (unpaired) electrons. The minimum Gasteiger partial charge on any atom is -0.361 e. The number of rotatable bonds is 1. The summed E-state index contributed by atoms with van der Waals surface area (Å²) in [5.74, 6) is 2.57. The predicted octanol–water partition coefficient (Wildman–Crippen LogP) is 2.23. The minimum absolute atomic E-state index is 0.700. The summed E-state index contributed by atoms with van der Waals surface area (Å²) in [7, 11) is 0. The van der Waals surface area contributed by atoms with Gasteiger partial charge in [-0.3, -0.25) is 0 Å². The van der Waals surface area contributed by atoms with Crippen molar-refractivity contribution in [2.45, 2.75) is 31.9 Å². The number of thiol groups is 1. The summed E-state index contributed by atoms with van der Waals surface area (Å²) in [5, 5.41) is 4.00. The maximum absolute atomic E-state index is 5.23. The number of aryl methyl sites for hydroxylation is 1. The fraction of sp³-hybridized carbons (Fsp3) is 0.667. The monoisotopic (exact) mass is 183 g/mol. The van der Waals surface area contributed by atoms with E-state index in [2.05, 4.69) is 24.7 Å². The molecule has 3 heteroatoms. The van der Waals surface area contributed by atoms with Gasteiger partial charge in [0.2, 0.25) is 0 Å². The highest BCUT2D eigenvalue weighted by atomic mass is 32.1. The summed E-state index contributed by atoms with van der Waals surface area (Å²) in [5.41, 5.74) is 2.36. The van der Waals surface area contributed by atoms with Crippen molar-refractivity contribution in [3.05, 3.63) is 17.0 Å². The fourth-order valence-electron chi connectivity index (χ4n) is 1.76. The Hall–Kier alpha value is -0.440. The Morgan fingerprint density at radius 3 is 3.25 bits per heavy atom. The van der Waals surface area contributed by atoms with Crippen LogP contribution in [0.2, 0.25) is 0 Å². The van der Waals surface area contributed by atoms with Gasteiger partial charge in [0.1, 0.15) is 5.76 Å². The van der Waals surface area contributed by atoms with E-state index >= 15 is 0 Å². The van der Waals surface area contributed by atoms with Gasteiger partial charge in [0, 0.05) is 17.7 Å². The summed E-state index contributed by atoms with van der Waals surface area (Å²) in [6.45, 7) is 2.28. The van der Waals surface area contributed by atoms with Crippen molar-refractivity contribution in [3.8, 4) is 0 Å². The lowest BCUT2D eigenvalue weighted by Gasteiger charge is -2.16. The second-order valence-corrected chi connectivity index (χ2v) is 3.85. The van der Waals surface area contributed by atoms with Crippen molar-refractivity contribution in [1.82, 2.24) is 5.16 Å². The summed E-state index contributed by atoms with van der Waals surface area (Å²) >= 11 is 4.22. The molecule has 0 N–H and O–H groups in total. The molecule has 0 fully saturated rings. The molecule has 0 saturated carbocycles. The molecule has 66 valence electrons. The van der Waals surface area contributed by atoms with Crippen LogP contribution in [-0.4, -0.2) is 5.16 Å². The lowest BCUT2D eigenvalue weighted by atomic mass is 9.88. The molecule has 0 bridgehead atoms. The molecule has 1 heterocycles. The largest absolute Gasteiger partial charge is 0.361 e. The number of nitrogens with zero attached hydrogens (tertiary/aromatic N) is 1. The van der Waals surface area contributed by atoms with Crippen molar-refractivity contribution >= 4 is 12.6 Å². The predicted molar refractivity (Wildman–Crippen MR) is 50.4 cm³/mol. The normalized spacial score (nSPS) is 22.3. The Labute approximate surface area is 77.7 Å². The van der Waals surface area contributed by atoms with E-state index < -0.39 is 0 Å². The van der Waals surface area contributed by atoms with Gasteiger partial charge in [0.05, 0.1) is 5.69 Å². The van der Waals surface area contributed by atoms with E-state index in [1.54, 1.807) is 0 Å². The first-order chi connectivity index (χ1) is 5.81. The molecular weight excluding hydrogens is 170 g/mol. The zero-order valence-electron chi connectivity index (χ0n) is 7.21. The Kier molecular flexibility index (Phi) is 2.13. The Morgan fingerprint density at radius 1 is 1.67 bits per heavy atom. The van der Waals surface area contributed by atoms with Gasteiger partial charge in [-0.05, 0) is 18.8 Å². The van der Waals surface area contributed by atoms with Gasteiger partial charge in [-0.1, -0.05) is 12.1 Å². The highest BCUT2D eigenvalue weighted by Gasteiger charge is 2.22. The summed E-state index contributed by atoms with van der Waals surface area (Å²) < 4.78 is 5.23. The molecule has 12 heavy (non-hydrogen) atoms. The number of aromatic nitrogens is 1. The van der Waals surface area contributed by atoms with Crippen LogP contribution in [0.25, 0.3) is 0 Å². The van der Waals surface area contributed by atoms with Crippen molar-refractivity contribution in [3.63, 3.8) is 0 Å². The Morgan fingerprint density at radius 2 is 2.50 bits per heavy atom. The fourth-order valence-corrected chi connectivity index (χ4v) is 2.01. The SMILES string of the molecule is CC1CCc2onc(CS)c2C1. The van der Waals surface area contributed by atoms with Crippen LogP contribution in [0.3, 0.4) is 0 Å². The van der Waals surface area contributed by atoms with Gasteiger partial charge in [0.15, 0.2) is 0 Å². The van der Waals surface area contributed by atoms with Crippen LogP contribution in [0.5, 0.6) is 0 Å². The van der Waals surface area contributed by atoms with Crippen LogP contribution in [0.15, 0.2) is 4.52 Å².